The summed E-state index contributed by atoms with van der Waals surface area (Å²) in [5.74, 6) is -0.0306. The van der Waals surface area contributed by atoms with E-state index in [1.54, 1.807) is 19.1 Å². The fraction of sp³-hybridized carbons (Fsp3) is 0.462. The van der Waals surface area contributed by atoms with Crippen LogP contribution in [0.1, 0.15) is 29.8 Å². The molecule has 0 spiro atoms. The Balaban J connectivity index is 3.09. The second-order valence-corrected chi connectivity index (χ2v) is 5.01. The van der Waals surface area contributed by atoms with Crippen LogP contribution < -0.4 is 5.32 Å². The highest BCUT2D eigenvalue weighted by Crippen LogP contribution is 2.22. The molecular weight excluding hydrogens is 268 g/mol. The fourth-order valence-corrected chi connectivity index (χ4v) is 2.16. The van der Waals surface area contributed by atoms with Crippen molar-refractivity contribution in [2.75, 3.05) is 5.88 Å². The molecule has 1 aromatic carbocycles. The zero-order valence-corrected chi connectivity index (χ0v) is 11.9. The number of alkyl halides is 1. The molecule has 0 saturated heterocycles. The van der Waals surface area contributed by atoms with Gasteiger partial charge in [-0.1, -0.05) is 26.0 Å². The minimum absolute atomic E-state index is 0.100. The number of hydrogen-bond donors (Lipinski definition) is 1. The topological polar surface area (TPSA) is 72.2 Å². The fourth-order valence-electron chi connectivity index (χ4n) is 1.72. The molecule has 0 heterocycles. The third-order valence-electron chi connectivity index (χ3n) is 2.96. The van der Waals surface area contributed by atoms with Crippen molar-refractivity contribution in [1.82, 2.24) is 5.32 Å². The van der Waals surface area contributed by atoms with Crippen LogP contribution in [-0.4, -0.2) is 22.8 Å². The number of nitrogens with one attached hydrogen (secondary N) is 1. The van der Waals surface area contributed by atoms with Gasteiger partial charge in [0.15, 0.2) is 0 Å². The first kappa shape index (κ1) is 15.4. The lowest BCUT2D eigenvalue weighted by molar-refractivity contribution is -0.385. The van der Waals surface area contributed by atoms with Gasteiger partial charge in [0, 0.05) is 18.0 Å². The van der Waals surface area contributed by atoms with Gasteiger partial charge in [0.25, 0.3) is 11.6 Å². The van der Waals surface area contributed by atoms with Crippen LogP contribution in [0, 0.1) is 23.0 Å². The molecule has 1 aromatic rings. The van der Waals surface area contributed by atoms with Crippen LogP contribution >= 0.6 is 11.6 Å². The average Bonchev–Trinajstić information content (AvgIpc) is 2.34. The Morgan fingerprint density at radius 1 is 1.47 bits per heavy atom. The minimum Gasteiger partial charge on any atom is -0.348 e. The van der Waals surface area contributed by atoms with Gasteiger partial charge in [0.05, 0.1) is 4.92 Å². The minimum atomic E-state index is -0.549. The van der Waals surface area contributed by atoms with Gasteiger partial charge < -0.3 is 5.32 Å². The van der Waals surface area contributed by atoms with E-state index in [1.807, 2.05) is 13.8 Å². The lowest BCUT2D eigenvalue weighted by atomic mass is 10.0. The smallest absolute Gasteiger partial charge is 0.282 e. The lowest BCUT2D eigenvalue weighted by Crippen LogP contribution is -2.40. The second-order valence-electron chi connectivity index (χ2n) is 4.70. The van der Waals surface area contributed by atoms with Crippen molar-refractivity contribution in [3.63, 3.8) is 0 Å². The Hall–Kier alpha value is -1.62. The summed E-state index contributed by atoms with van der Waals surface area (Å²) in [6.45, 7) is 5.53. The van der Waals surface area contributed by atoms with Gasteiger partial charge in [0.2, 0.25) is 0 Å². The monoisotopic (exact) mass is 284 g/mol. The predicted molar refractivity (Wildman–Crippen MR) is 74.6 cm³/mol. The largest absolute Gasteiger partial charge is 0.348 e. The zero-order chi connectivity index (χ0) is 14.6. The van der Waals surface area contributed by atoms with Crippen LogP contribution in [0.15, 0.2) is 18.2 Å². The second kappa shape index (κ2) is 6.52. The van der Waals surface area contributed by atoms with Crippen LogP contribution in [-0.2, 0) is 0 Å². The molecule has 1 atom stereocenters. The number of rotatable bonds is 5. The average molecular weight is 285 g/mol. The van der Waals surface area contributed by atoms with E-state index in [9.17, 15) is 14.9 Å². The SMILES string of the molecule is Cc1cccc([N+](=O)[O-])c1C(=O)NC(CCl)C(C)C. The third kappa shape index (κ3) is 3.67. The highest BCUT2D eigenvalue weighted by Gasteiger charge is 2.24. The van der Waals surface area contributed by atoms with Gasteiger partial charge in [0.1, 0.15) is 5.56 Å². The normalized spacial score (nSPS) is 12.3. The van der Waals surface area contributed by atoms with Crippen LogP contribution in [0.5, 0.6) is 0 Å². The molecule has 0 saturated carbocycles. The number of aryl methyl sites for hydroxylation is 1. The maximum atomic E-state index is 12.2. The number of hydrogen-bond acceptors (Lipinski definition) is 3. The molecule has 1 unspecified atom stereocenters. The van der Waals surface area contributed by atoms with E-state index in [4.69, 9.17) is 11.6 Å². The first-order valence-electron chi connectivity index (χ1n) is 5.99. The highest BCUT2D eigenvalue weighted by molar-refractivity contribution is 6.18. The summed E-state index contributed by atoms with van der Waals surface area (Å²) in [4.78, 5) is 22.6. The number of benzene rings is 1. The quantitative estimate of drug-likeness (QED) is 0.513. The van der Waals surface area contributed by atoms with Gasteiger partial charge in [-0.2, -0.15) is 0 Å². The summed E-state index contributed by atoms with van der Waals surface area (Å²) in [6, 6.07) is 4.35. The number of halogens is 1. The van der Waals surface area contributed by atoms with Crippen molar-refractivity contribution in [1.29, 1.82) is 0 Å². The van der Waals surface area contributed by atoms with E-state index in [2.05, 4.69) is 5.32 Å². The zero-order valence-electron chi connectivity index (χ0n) is 11.1. The highest BCUT2D eigenvalue weighted by atomic mass is 35.5. The van der Waals surface area contributed by atoms with E-state index in [0.29, 0.717) is 5.56 Å². The number of carbonyl (C=O) groups is 1. The molecule has 6 heteroatoms. The van der Waals surface area contributed by atoms with Crippen molar-refractivity contribution in [3.8, 4) is 0 Å². The Morgan fingerprint density at radius 2 is 2.11 bits per heavy atom. The number of nitro groups is 1. The van der Waals surface area contributed by atoms with Gasteiger partial charge in [-0.15, -0.1) is 11.6 Å². The maximum absolute atomic E-state index is 12.2. The van der Waals surface area contributed by atoms with Gasteiger partial charge in [-0.25, -0.2) is 0 Å². The summed E-state index contributed by atoms with van der Waals surface area (Å²) < 4.78 is 0. The van der Waals surface area contributed by atoms with Gasteiger partial charge in [-0.3, -0.25) is 14.9 Å². The number of nitrogens with zero attached hydrogens (tertiary/aromatic N) is 1. The molecule has 19 heavy (non-hydrogen) atoms. The van der Waals surface area contributed by atoms with Crippen LogP contribution in [0.2, 0.25) is 0 Å². The van der Waals surface area contributed by atoms with Crippen molar-refractivity contribution in [3.05, 3.63) is 39.4 Å². The Bertz CT molecular complexity index is 489. The van der Waals surface area contributed by atoms with E-state index >= 15 is 0 Å². The summed E-state index contributed by atoms with van der Waals surface area (Å²) in [5.41, 5.74) is 0.488. The number of carbonyl (C=O) groups excluding carboxylic acids is 1. The van der Waals surface area contributed by atoms with E-state index in [1.165, 1.54) is 6.07 Å². The van der Waals surface area contributed by atoms with Crippen LogP contribution in [0.25, 0.3) is 0 Å². The Kier molecular flexibility index (Phi) is 5.30. The van der Waals surface area contributed by atoms with Crippen LogP contribution in [0.4, 0.5) is 5.69 Å². The Labute approximate surface area is 117 Å². The molecule has 0 aromatic heterocycles. The third-order valence-corrected chi connectivity index (χ3v) is 3.29. The summed E-state index contributed by atoms with van der Waals surface area (Å²) in [6.07, 6.45) is 0. The molecule has 1 amide bonds. The summed E-state index contributed by atoms with van der Waals surface area (Å²) in [7, 11) is 0. The summed E-state index contributed by atoms with van der Waals surface area (Å²) >= 11 is 5.79. The molecule has 0 bridgehead atoms. The molecule has 0 aliphatic heterocycles. The van der Waals surface area contributed by atoms with Gasteiger partial charge >= 0.3 is 0 Å². The van der Waals surface area contributed by atoms with Crippen molar-refractivity contribution >= 4 is 23.2 Å². The number of nitro benzene ring substituents is 1. The molecule has 0 aliphatic rings. The molecule has 0 fully saturated rings. The molecule has 104 valence electrons. The molecule has 1 N–H and O–H groups in total. The van der Waals surface area contributed by atoms with Crippen LogP contribution in [0.3, 0.4) is 0 Å². The molecule has 0 aliphatic carbocycles. The molecule has 5 nitrogen and oxygen atoms in total. The summed E-state index contributed by atoms with van der Waals surface area (Å²) in [5, 5.41) is 13.7. The molecule has 0 radical (unpaired) electrons. The lowest BCUT2D eigenvalue weighted by Gasteiger charge is -2.20. The number of amides is 1. The van der Waals surface area contributed by atoms with E-state index in [-0.39, 0.29) is 29.1 Å². The Morgan fingerprint density at radius 3 is 2.58 bits per heavy atom. The predicted octanol–water partition coefficient (Wildman–Crippen LogP) is 2.90. The van der Waals surface area contributed by atoms with E-state index < -0.39 is 10.8 Å². The first-order chi connectivity index (χ1) is 8.88. The first-order valence-corrected chi connectivity index (χ1v) is 6.52. The van der Waals surface area contributed by atoms with Gasteiger partial charge in [-0.05, 0) is 18.4 Å². The molecule has 1 rings (SSSR count). The van der Waals surface area contributed by atoms with Crippen molar-refractivity contribution in [2.45, 2.75) is 26.8 Å². The van der Waals surface area contributed by atoms with E-state index in [0.717, 1.165) is 0 Å². The van der Waals surface area contributed by atoms with Crippen molar-refractivity contribution in [2.24, 2.45) is 5.92 Å². The molecular formula is C13H17ClN2O3. The standard InChI is InChI=1S/C13H17ClN2O3/c1-8(2)10(7-14)15-13(17)12-9(3)5-4-6-11(12)16(18)19/h4-6,8,10H,7H2,1-3H3,(H,15,17). The maximum Gasteiger partial charge on any atom is 0.282 e. The van der Waals surface area contributed by atoms with Crippen molar-refractivity contribution < 1.29 is 9.72 Å².